The molecule has 3 rings (SSSR count). The highest BCUT2D eigenvalue weighted by atomic mass is 79.9. The van der Waals surface area contributed by atoms with Crippen molar-refractivity contribution in [1.29, 1.82) is 0 Å². The maximum Gasteiger partial charge on any atom is 0.234 e. The van der Waals surface area contributed by atoms with Crippen molar-refractivity contribution in [3.63, 3.8) is 0 Å². The summed E-state index contributed by atoms with van der Waals surface area (Å²) in [4.78, 5) is 12.4. The number of nitrogens with zero attached hydrogens (tertiary/aromatic N) is 3. The third-order valence-corrected chi connectivity index (χ3v) is 6.47. The van der Waals surface area contributed by atoms with E-state index in [1.807, 2.05) is 68.8 Å². The van der Waals surface area contributed by atoms with Crippen LogP contribution < -0.4 is 14.8 Å². The number of benzene rings is 2. The van der Waals surface area contributed by atoms with Crippen molar-refractivity contribution in [2.75, 3.05) is 18.2 Å². The molecule has 1 N–H and O–H groups in total. The van der Waals surface area contributed by atoms with Gasteiger partial charge in [-0.25, -0.2) is 0 Å². The van der Waals surface area contributed by atoms with Crippen LogP contribution in [0.15, 0.2) is 46.0 Å². The third kappa shape index (κ3) is 5.59. The van der Waals surface area contributed by atoms with E-state index < -0.39 is 0 Å². The molecule has 0 radical (unpaired) electrons. The van der Waals surface area contributed by atoms with Crippen LogP contribution in [0.5, 0.6) is 11.5 Å². The molecule has 9 heteroatoms. The molecule has 1 aromatic heterocycles. The Hall–Kier alpha value is -2.52. The van der Waals surface area contributed by atoms with Crippen LogP contribution in [-0.4, -0.2) is 33.5 Å². The van der Waals surface area contributed by atoms with Gasteiger partial charge in [-0.3, -0.25) is 4.79 Å². The molecule has 1 unspecified atom stereocenters. The van der Waals surface area contributed by atoms with Crippen LogP contribution in [0, 0.1) is 13.8 Å². The highest BCUT2D eigenvalue weighted by Crippen LogP contribution is 2.31. The second kappa shape index (κ2) is 10.2. The molecule has 3 aromatic rings. The fraction of sp³-hybridized carbons (Fsp3) is 0.318. The van der Waals surface area contributed by atoms with Gasteiger partial charge in [-0.05, 0) is 72.1 Å². The molecule has 0 aliphatic heterocycles. The van der Waals surface area contributed by atoms with Gasteiger partial charge in [0, 0.05) is 11.5 Å². The molecule has 164 valence electrons. The first-order valence-electron chi connectivity index (χ1n) is 9.68. The van der Waals surface area contributed by atoms with Crippen molar-refractivity contribution < 1.29 is 14.3 Å². The summed E-state index contributed by atoms with van der Waals surface area (Å²) in [6.07, 6.45) is -0.344. The minimum atomic E-state index is -0.344. The highest BCUT2D eigenvalue weighted by Gasteiger charge is 2.19. The quantitative estimate of drug-likeness (QED) is 0.431. The Balaban J connectivity index is 1.62. The summed E-state index contributed by atoms with van der Waals surface area (Å²) in [5.41, 5.74) is 3.04. The van der Waals surface area contributed by atoms with E-state index in [9.17, 15) is 4.79 Å². The fourth-order valence-corrected chi connectivity index (χ4v) is 4.23. The molecule has 31 heavy (non-hydrogen) atoms. The highest BCUT2D eigenvalue weighted by molar-refractivity contribution is 9.10. The van der Waals surface area contributed by atoms with Crippen molar-refractivity contribution >= 4 is 39.3 Å². The van der Waals surface area contributed by atoms with Gasteiger partial charge in [-0.2, -0.15) is 0 Å². The molecule has 0 saturated carbocycles. The molecule has 2 aromatic carbocycles. The summed E-state index contributed by atoms with van der Waals surface area (Å²) >= 11 is 4.82. The van der Waals surface area contributed by atoms with Crippen LogP contribution in [0.2, 0.25) is 0 Å². The summed E-state index contributed by atoms with van der Waals surface area (Å²) in [5, 5.41) is 12.0. The van der Waals surface area contributed by atoms with E-state index in [1.165, 1.54) is 11.8 Å². The molecule has 1 amide bonds. The molecular weight excluding hydrogens is 480 g/mol. The number of methoxy groups -OCH3 is 1. The van der Waals surface area contributed by atoms with Gasteiger partial charge in [0.05, 0.1) is 18.6 Å². The number of hydrogen-bond acceptors (Lipinski definition) is 6. The topological polar surface area (TPSA) is 78.3 Å². The average Bonchev–Trinajstić information content (AvgIpc) is 3.11. The molecule has 0 aliphatic rings. The first kappa shape index (κ1) is 23.1. The molecule has 0 aliphatic carbocycles. The lowest BCUT2D eigenvalue weighted by molar-refractivity contribution is -0.113. The van der Waals surface area contributed by atoms with Crippen molar-refractivity contribution in [2.45, 2.75) is 32.0 Å². The molecule has 1 atom stereocenters. The van der Waals surface area contributed by atoms with E-state index in [4.69, 9.17) is 9.47 Å². The Kier molecular flexibility index (Phi) is 7.61. The molecule has 0 bridgehead atoms. The Morgan fingerprint density at radius 1 is 1.19 bits per heavy atom. The zero-order chi connectivity index (χ0) is 22.5. The molecular formula is C22H25BrN4O3S. The van der Waals surface area contributed by atoms with E-state index in [0.29, 0.717) is 22.5 Å². The Morgan fingerprint density at radius 2 is 1.87 bits per heavy atom. The van der Waals surface area contributed by atoms with E-state index in [0.717, 1.165) is 21.3 Å². The number of nitrogens with one attached hydrogen (secondary N) is 1. The predicted molar refractivity (Wildman–Crippen MR) is 126 cm³/mol. The van der Waals surface area contributed by atoms with Crippen LogP contribution in [0.3, 0.4) is 0 Å². The number of hydrogen-bond donors (Lipinski definition) is 1. The van der Waals surface area contributed by atoms with E-state index >= 15 is 0 Å². The normalized spacial score (nSPS) is 11.8. The van der Waals surface area contributed by atoms with Gasteiger partial charge in [0.2, 0.25) is 5.91 Å². The number of para-hydroxylation sites is 2. The Bertz CT molecular complexity index is 1090. The van der Waals surface area contributed by atoms with Crippen molar-refractivity contribution in [3.05, 3.63) is 57.8 Å². The lowest BCUT2D eigenvalue weighted by Gasteiger charge is -2.16. The van der Waals surface area contributed by atoms with Gasteiger partial charge in [0.1, 0.15) is 0 Å². The number of thioether (sulfide) groups is 1. The van der Waals surface area contributed by atoms with Gasteiger partial charge in [0.25, 0.3) is 0 Å². The number of carbonyl (C=O) groups excluding carboxylic acids is 1. The zero-order valence-electron chi connectivity index (χ0n) is 18.1. The third-order valence-electron chi connectivity index (χ3n) is 4.79. The second-order valence-electron chi connectivity index (χ2n) is 7.06. The monoisotopic (exact) mass is 504 g/mol. The Morgan fingerprint density at radius 3 is 2.58 bits per heavy atom. The molecule has 7 nitrogen and oxygen atoms in total. The molecule has 0 spiro atoms. The number of carbonyl (C=O) groups is 1. The minimum absolute atomic E-state index is 0.114. The van der Waals surface area contributed by atoms with Crippen LogP contribution in [0.1, 0.15) is 30.0 Å². The second-order valence-corrected chi connectivity index (χ2v) is 8.86. The van der Waals surface area contributed by atoms with Gasteiger partial charge < -0.3 is 19.4 Å². The lowest BCUT2D eigenvalue weighted by Crippen LogP contribution is -2.15. The summed E-state index contributed by atoms with van der Waals surface area (Å²) < 4.78 is 14.0. The number of aromatic nitrogens is 3. The number of aryl methyl sites for hydroxylation is 2. The van der Waals surface area contributed by atoms with Crippen molar-refractivity contribution in [1.82, 2.24) is 14.8 Å². The molecule has 0 saturated heterocycles. The standard InChI is InChI=1S/C22H25BrN4O3S/c1-13-10-16(23)17(11-14(13)2)24-20(28)12-31-22-26-25-21(27(22)4)15(3)30-19-9-7-6-8-18(19)29-5/h6-11,15H,12H2,1-5H3,(H,24,28). The van der Waals surface area contributed by atoms with E-state index in [2.05, 4.69) is 31.4 Å². The van der Waals surface area contributed by atoms with Gasteiger partial charge >= 0.3 is 0 Å². The average molecular weight is 505 g/mol. The SMILES string of the molecule is COc1ccccc1OC(C)c1nnc(SCC(=O)Nc2cc(C)c(C)cc2Br)n1C. The maximum atomic E-state index is 12.4. The number of anilines is 1. The van der Waals surface area contributed by atoms with Crippen LogP contribution in [0.4, 0.5) is 5.69 Å². The number of ether oxygens (including phenoxy) is 2. The maximum absolute atomic E-state index is 12.4. The Labute approximate surface area is 194 Å². The number of rotatable bonds is 8. The zero-order valence-corrected chi connectivity index (χ0v) is 20.5. The van der Waals surface area contributed by atoms with E-state index in [1.54, 1.807) is 7.11 Å². The summed E-state index contributed by atoms with van der Waals surface area (Å²) in [7, 11) is 3.46. The van der Waals surface area contributed by atoms with Crippen LogP contribution in [-0.2, 0) is 11.8 Å². The molecule has 0 fully saturated rings. The summed E-state index contributed by atoms with van der Waals surface area (Å²) in [5.74, 6) is 2.04. The number of halogens is 1. The van der Waals surface area contributed by atoms with Crippen molar-refractivity contribution in [3.8, 4) is 11.5 Å². The first-order valence-corrected chi connectivity index (χ1v) is 11.5. The lowest BCUT2D eigenvalue weighted by atomic mass is 10.1. The van der Waals surface area contributed by atoms with E-state index in [-0.39, 0.29) is 17.8 Å². The smallest absolute Gasteiger partial charge is 0.234 e. The van der Waals surface area contributed by atoms with Crippen molar-refractivity contribution in [2.24, 2.45) is 7.05 Å². The predicted octanol–water partition coefficient (Wildman–Crippen LogP) is 5.07. The van der Waals surface area contributed by atoms with Gasteiger partial charge in [-0.15, -0.1) is 10.2 Å². The molecule has 1 heterocycles. The summed E-state index contributed by atoms with van der Waals surface area (Å²) in [6, 6.07) is 11.4. The number of amides is 1. The fourth-order valence-electron chi connectivity index (χ4n) is 2.96. The van der Waals surface area contributed by atoms with Crippen LogP contribution in [0.25, 0.3) is 0 Å². The van der Waals surface area contributed by atoms with Crippen LogP contribution >= 0.6 is 27.7 Å². The van der Waals surface area contributed by atoms with Gasteiger partial charge in [-0.1, -0.05) is 23.9 Å². The largest absolute Gasteiger partial charge is 0.493 e. The summed E-state index contributed by atoms with van der Waals surface area (Å²) in [6.45, 7) is 5.95. The minimum Gasteiger partial charge on any atom is -0.493 e. The van der Waals surface area contributed by atoms with Gasteiger partial charge in [0.15, 0.2) is 28.6 Å². The first-order chi connectivity index (χ1) is 14.8.